The van der Waals surface area contributed by atoms with Crippen molar-refractivity contribution in [1.29, 1.82) is 0 Å². The molecule has 0 saturated carbocycles. The van der Waals surface area contributed by atoms with Crippen molar-refractivity contribution in [3.8, 4) is 0 Å². The van der Waals surface area contributed by atoms with E-state index in [9.17, 15) is 4.79 Å². The van der Waals surface area contributed by atoms with Gasteiger partial charge >= 0.3 is 5.97 Å². The molecule has 1 aromatic heterocycles. The summed E-state index contributed by atoms with van der Waals surface area (Å²) in [6.07, 6.45) is 2.05. The third-order valence-electron chi connectivity index (χ3n) is 3.29. The number of para-hydroxylation sites is 1. The van der Waals surface area contributed by atoms with E-state index in [1.807, 2.05) is 37.4 Å². The molecule has 114 valence electrons. The molecule has 1 heterocycles. The minimum atomic E-state index is -0.673. The smallest absolute Gasteiger partial charge is 0.323 e. The lowest BCUT2D eigenvalue weighted by molar-refractivity contribution is -0.152. The van der Waals surface area contributed by atoms with E-state index < -0.39 is 12.0 Å². The van der Waals surface area contributed by atoms with Crippen molar-refractivity contribution in [2.24, 2.45) is 5.73 Å². The van der Waals surface area contributed by atoms with Crippen LogP contribution in [0.4, 0.5) is 0 Å². The number of aromatic amines is 1. The van der Waals surface area contributed by atoms with Crippen molar-refractivity contribution in [3.63, 3.8) is 0 Å². The minimum absolute atomic E-state index is 0.286. The zero-order valence-corrected chi connectivity index (χ0v) is 12.5. The van der Waals surface area contributed by atoms with Gasteiger partial charge in [0.05, 0.1) is 6.61 Å². The summed E-state index contributed by atoms with van der Waals surface area (Å²) >= 11 is 0. The molecule has 21 heavy (non-hydrogen) atoms. The number of hydrogen-bond acceptors (Lipinski definition) is 4. The van der Waals surface area contributed by atoms with Crippen LogP contribution in [0.5, 0.6) is 0 Å². The van der Waals surface area contributed by atoms with Crippen LogP contribution in [-0.2, 0) is 20.7 Å². The lowest BCUT2D eigenvalue weighted by atomic mass is 10.1. The molecule has 0 bridgehead atoms. The van der Waals surface area contributed by atoms with Gasteiger partial charge in [0.15, 0.2) is 0 Å². The number of rotatable bonds is 7. The zero-order chi connectivity index (χ0) is 15.2. The van der Waals surface area contributed by atoms with Crippen LogP contribution in [0.15, 0.2) is 30.5 Å². The summed E-state index contributed by atoms with van der Waals surface area (Å²) in [6.45, 7) is 4.69. The number of ether oxygens (including phenoxy) is 2. The number of benzene rings is 1. The van der Waals surface area contributed by atoms with Gasteiger partial charge in [-0.15, -0.1) is 0 Å². The molecule has 2 aromatic rings. The number of hydrogen-bond donors (Lipinski definition) is 2. The number of nitrogens with two attached hydrogens (primary N) is 1. The van der Waals surface area contributed by atoms with Crippen molar-refractivity contribution in [2.75, 3.05) is 13.2 Å². The number of H-pyrrole nitrogens is 1. The summed E-state index contributed by atoms with van der Waals surface area (Å²) in [7, 11) is 0. The van der Waals surface area contributed by atoms with Crippen molar-refractivity contribution < 1.29 is 14.3 Å². The first-order valence-electron chi connectivity index (χ1n) is 7.20. The fourth-order valence-corrected chi connectivity index (χ4v) is 2.22. The van der Waals surface area contributed by atoms with Crippen LogP contribution in [0.2, 0.25) is 0 Å². The Morgan fingerprint density at radius 2 is 2.14 bits per heavy atom. The highest BCUT2D eigenvalue weighted by Crippen LogP contribution is 2.19. The largest absolute Gasteiger partial charge is 0.459 e. The van der Waals surface area contributed by atoms with Crippen LogP contribution < -0.4 is 5.73 Å². The second-order valence-electron chi connectivity index (χ2n) is 5.08. The first-order chi connectivity index (χ1) is 10.1. The minimum Gasteiger partial charge on any atom is -0.459 e. The lowest BCUT2D eigenvalue weighted by Gasteiger charge is -2.16. The quantitative estimate of drug-likeness (QED) is 0.765. The van der Waals surface area contributed by atoms with E-state index in [-0.39, 0.29) is 6.10 Å². The van der Waals surface area contributed by atoms with Crippen LogP contribution in [-0.4, -0.2) is 36.3 Å². The molecule has 1 aromatic carbocycles. The third kappa shape index (κ3) is 4.06. The molecule has 0 saturated heterocycles. The van der Waals surface area contributed by atoms with E-state index in [4.69, 9.17) is 15.2 Å². The number of nitrogens with one attached hydrogen (secondary N) is 1. The van der Waals surface area contributed by atoms with Gasteiger partial charge in [0, 0.05) is 30.1 Å². The summed E-state index contributed by atoms with van der Waals surface area (Å²) < 4.78 is 10.5. The van der Waals surface area contributed by atoms with Gasteiger partial charge in [-0.1, -0.05) is 18.2 Å². The SMILES string of the molecule is CCOCC(C)OC(=O)C(N)Cc1c[nH]c2ccccc12. The second kappa shape index (κ2) is 7.24. The summed E-state index contributed by atoms with van der Waals surface area (Å²) in [4.78, 5) is 15.1. The van der Waals surface area contributed by atoms with E-state index in [0.717, 1.165) is 16.5 Å². The van der Waals surface area contributed by atoms with Crippen molar-refractivity contribution >= 4 is 16.9 Å². The van der Waals surface area contributed by atoms with Gasteiger partial charge in [0.1, 0.15) is 12.1 Å². The summed E-state index contributed by atoms with van der Waals surface area (Å²) in [5.41, 5.74) is 8.01. The van der Waals surface area contributed by atoms with Crippen molar-refractivity contribution in [3.05, 3.63) is 36.0 Å². The fraction of sp³-hybridized carbons (Fsp3) is 0.438. The molecule has 2 atom stereocenters. The first kappa shape index (κ1) is 15.5. The van der Waals surface area contributed by atoms with Crippen LogP contribution in [0, 0.1) is 0 Å². The topological polar surface area (TPSA) is 77.3 Å². The molecule has 3 N–H and O–H groups in total. The van der Waals surface area contributed by atoms with E-state index in [0.29, 0.717) is 19.6 Å². The Bertz CT molecular complexity index is 594. The molecule has 5 nitrogen and oxygen atoms in total. The van der Waals surface area contributed by atoms with Crippen molar-refractivity contribution in [2.45, 2.75) is 32.4 Å². The van der Waals surface area contributed by atoms with Crippen LogP contribution in [0.25, 0.3) is 10.9 Å². The average molecular weight is 290 g/mol. The Hall–Kier alpha value is -1.85. The molecule has 0 fully saturated rings. The number of aromatic nitrogens is 1. The number of esters is 1. The number of carbonyl (C=O) groups is 1. The third-order valence-corrected chi connectivity index (χ3v) is 3.29. The Morgan fingerprint density at radius 1 is 1.38 bits per heavy atom. The van der Waals surface area contributed by atoms with Gasteiger partial charge in [-0.3, -0.25) is 4.79 Å². The maximum atomic E-state index is 12.0. The standard InChI is InChI=1S/C16H22N2O3/c1-3-20-10-11(2)21-16(19)14(17)8-12-9-18-15-7-5-4-6-13(12)15/h4-7,9,11,14,18H,3,8,10,17H2,1-2H3. The molecule has 0 aliphatic heterocycles. The summed E-state index contributed by atoms with van der Waals surface area (Å²) in [5.74, 6) is -0.396. The molecular weight excluding hydrogens is 268 g/mol. The predicted molar refractivity (Wildman–Crippen MR) is 82.0 cm³/mol. The zero-order valence-electron chi connectivity index (χ0n) is 12.5. The summed E-state index contributed by atoms with van der Waals surface area (Å²) in [6, 6.07) is 7.26. The normalized spacial score (nSPS) is 14.0. The maximum absolute atomic E-state index is 12.0. The number of fused-ring (bicyclic) bond motifs is 1. The van der Waals surface area contributed by atoms with Gasteiger partial charge in [0.2, 0.25) is 0 Å². The fourth-order valence-electron chi connectivity index (χ4n) is 2.22. The van der Waals surface area contributed by atoms with Gasteiger partial charge < -0.3 is 20.2 Å². The lowest BCUT2D eigenvalue weighted by Crippen LogP contribution is -2.37. The monoisotopic (exact) mass is 290 g/mol. The molecule has 0 aliphatic carbocycles. The van der Waals surface area contributed by atoms with Crippen molar-refractivity contribution in [1.82, 2.24) is 4.98 Å². The highest BCUT2D eigenvalue weighted by atomic mass is 16.6. The van der Waals surface area contributed by atoms with Gasteiger partial charge in [-0.2, -0.15) is 0 Å². The van der Waals surface area contributed by atoms with E-state index in [2.05, 4.69) is 4.98 Å². The van der Waals surface area contributed by atoms with E-state index >= 15 is 0 Å². The molecule has 2 rings (SSSR count). The molecule has 0 amide bonds. The Morgan fingerprint density at radius 3 is 2.90 bits per heavy atom. The Kier molecular flexibility index (Phi) is 5.36. The van der Waals surface area contributed by atoms with Gasteiger partial charge in [-0.25, -0.2) is 0 Å². The predicted octanol–water partition coefficient (Wildman–Crippen LogP) is 2.01. The Labute approximate surface area is 124 Å². The molecule has 0 spiro atoms. The van der Waals surface area contributed by atoms with Crippen LogP contribution >= 0.6 is 0 Å². The van der Waals surface area contributed by atoms with Gasteiger partial charge in [-0.05, 0) is 25.5 Å². The summed E-state index contributed by atoms with van der Waals surface area (Å²) in [5, 5.41) is 1.09. The molecule has 0 radical (unpaired) electrons. The second-order valence-corrected chi connectivity index (χ2v) is 5.08. The highest BCUT2D eigenvalue weighted by Gasteiger charge is 2.19. The number of carbonyl (C=O) groups excluding carboxylic acids is 1. The van der Waals surface area contributed by atoms with Gasteiger partial charge in [0.25, 0.3) is 0 Å². The molecular formula is C16H22N2O3. The first-order valence-corrected chi connectivity index (χ1v) is 7.20. The molecule has 5 heteroatoms. The average Bonchev–Trinajstić information content (AvgIpc) is 2.88. The Balaban J connectivity index is 1.94. The van der Waals surface area contributed by atoms with Crippen LogP contribution in [0.1, 0.15) is 19.4 Å². The maximum Gasteiger partial charge on any atom is 0.323 e. The van der Waals surface area contributed by atoms with Crippen LogP contribution in [0.3, 0.4) is 0 Å². The molecule has 0 aliphatic rings. The highest BCUT2D eigenvalue weighted by molar-refractivity contribution is 5.84. The van der Waals surface area contributed by atoms with E-state index in [1.54, 1.807) is 6.92 Å². The molecule has 2 unspecified atom stereocenters. The van der Waals surface area contributed by atoms with E-state index in [1.165, 1.54) is 0 Å².